The average Bonchev–Trinajstić information content (AvgIpc) is 2.89. The molecule has 0 spiro atoms. The summed E-state index contributed by atoms with van der Waals surface area (Å²) in [4.78, 5) is 0. The van der Waals surface area contributed by atoms with Crippen LogP contribution in [-0.2, 0) is 31.1 Å². The molecule has 0 radical (unpaired) electrons. The van der Waals surface area contributed by atoms with E-state index in [4.69, 9.17) is 13.0 Å². The van der Waals surface area contributed by atoms with Crippen LogP contribution in [0.2, 0.25) is 16.6 Å². The van der Waals surface area contributed by atoms with Gasteiger partial charge in [0, 0.05) is 0 Å². The molecule has 0 atom stereocenters. The van der Waals surface area contributed by atoms with Gasteiger partial charge in [-0.15, -0.1) is 0 Å². The van der Waals surface area contributed by atoms with Crippen LogP contribution in [0.3, 0.4) is 0 Å². The summed E-state index contributed by atoms with van der Waals surface area (Å²) in [5.74, 6) is 1.33. The summed E-state index contributed by atoms with van der Waals surface area (Å²) < 4.78 is 28.6. The van der Waals surface area contributed by atoms with E-state index >= 15 is 0 Å². The third-order valence-corrected chi connectivity index (χ3v) is 20.2. The van der Waals surface area contributed by atoms with Crippen LogP contribution in [0.4, 0.5) is 0 Å². The molecular formula is C30H60O4SiTi. The Hall–Kier alpha value is 0.771. The van der Waals surface area contributed by atoms with Crippen LogP contribution in [0.1, 0.15) is 138 Å². The van der Waals surface area contributed by atoms with Crippen LogP contribution < -0.4 is 0 Å². The Morgan fingerprint density at radius 2 is 0.778 bits per heavy atom. The first-order valence-electron chi connectivity index (χ1n) is 15.9. The molecule has 3 rings (SSSR count). The van der Waals surface area contributed by atoms with E-state index in [0.717, 1.165) is 16.6 Å². The van der Waals surface area contributed by atoms with Crippen LogP contribution in [0.25, 0.3) is 0 Å². The van der Waals surface area contributed by atoms with Gasteiger partial charge >= 0.3 is 231 Å². The van der Waals surface area contributed by atoms with Gasteiger partial charge in [0.1, 0.15) is 0 Å². The Morgan fingerprint density at radius 1 is 0.500 bits per heavy atom. The van der Waals surface area contributed by atoms with Gasteiger partial charge in [-0.3, -0.25) is 0 Å². The monoisotopic (exact) mass is 560 g/mol. The molecule has 0 aromatic heterocycles. The zero-order valence-corrected chi connectivity index (χ0v) is 27.4. The maximum atomic E-state index is 7.96. The van der Waals surface area contributed by atoms with Crippen molar-refractivity contribution in [2.45, 2.75) is 154 Å². The van der Waals surface area contributed by atoms with Crippen molar-refractivity contribution >= 4 is 8.32 Å². The average molecular weight is 561 g/mol. The van der Waals surface area contributed by atoms with Gasteiger partial charge in [-0.05, 0) is 0 Å². The van der Waals surface area contributed by atoms with Crippen molar-refractivity contribution in [3.05, 3.63) is 0 Å². The fraction of sp³-hybridized carbons (Fsp3) is 1.00. The molecule has 0 aliphatic heterocycles. The van der Waals surface area contributed by atoms with E-state index in [9.17, 15) is 0 Å². The van der Waals surface area contributed by atoms with Crippen molar-refractivity contribution in [3.63, 3.8) is 0 Å². The Balaban J connectivity index is 2.07. The van der Waals surface area contributed by atoms with Gasteiger partial charge < -0.3 is 0 Å². The molecule has 0 amide bonds. The van der Waals surface area contributed by atoms with E-state index in [1.54, 1.807) is 0 Å². The Morgan fingerprint density at radius 3 is 1.03 bits per heavy atom. The summed E-state index contributed by atoms with van der Waals surface area (Å²) in [5.41, 5.74) is 2.28. The summed E-state index contributed by atoms with van der Waals surface area (Å²) >= 11 is -4.00. The predicted molar refractivity (Wildman–Crippen MR) is 150 cm³/mol. The summed E-state index contributed by atoms with van der Waals surface area (Å²) in [7, 11) is -2.24. The molecular weight excluding hydrogens is 500 g/mol. The minimum absolute atomic E-state index is 0.444. The van der Waals surface area contributed by atoms with Gasteiger partial charge in [0.25, 0.3) is 0 Å². The van der Waals surface area contributed by atoms with Crippen molar-refractivity contribution in [2.24, 2.45) is 17.8 Å². The molecule has 0 heterocycles. The predicted octanol–water partition coefficient (Wildman–Crippen LogP) is 9.78. The van der Waals surface area contributed by atoms with Gasteiger partial charge in [0.2, 0.25) is 0 Å². The summed E-state index contributed by atoms with van der Waals surface area (Å²) in [6.07, 6.45) is 20.7. The molecule has 0 saturated heterocycles. The molecule has 0 N–H and O–H groups in total. The van der Waals surface area contributed by atoms with Gasteiger partial charge in [-0.1, -0.05) is 0 Å². The van der Waals surface area contributed by atoms with E-state index in [-0.39, 0.29) is 0 Å². The molecule has 3 saturated carbocycles. The van der Waals surface area contributed by atoms with Crippen LogP contribution >= 0.6 is 0 Å². The van der Waals surface area contributed by atoms with Crippen LogP contribution in [0.15, 0.2) is 0 Å². The van der Waals surface area contributed by atoms with Gasteiger partial charge in [0.05, 0.1) is 0 Å². The summed E-state index contributed by atoms with van der Waals surface area (Å²) in [6.45, 7) is 15.5. The van der Waals surface area contributed by atoms with Crippen LogP contribution in [0.5, 0.6) is 0 Å². The second-order valence-electron chi connectivity index (χ2n) is 13.6. The van der Waals surface area contributed by atoms with Crippen molar-refractivity contribution in [1.29, 1.82) is 0 Å². The minimum atomic E-state index is -4.00. The van der Waals surface area contributed by atoms with E-state index in [1.165, 1.54) is 96.3 Å². The SMILES string of the molecule is CC(C)C[O][Ti]([O]CC(C)C)([O]CC(C)C)[O][Si](C1CCCCC1)(C1CCCCC1)C1CCCCC1. The molecule has 36 heavy (non-hydrogen) atoms. The van der Waals surface area contributed by atoms with E-state index < -0.39 is 26.5 Å². The molecule has 0 aromatic rings. The van der Waals surface area contributed by atoms with E-state index in [0.29, 0.717) is 37.6 Å². The van der Waals surface area contributed by atoms with Crippen LogP contribution in [0, 0.1) is 17.8 Å². The van der Waals surface area contributed by atoms with Crippen molar-refractivity contribution in [1.82, 2.24) is 0 Å². The fourth-order valence-corrected chi connectivity index (χ4v) is 22.3. The zero-order valence-electron chi connectivity index (χ0n) is 24.8. The Bertz CT molecular complexity index is 519. The number of rotatable bonds is 14. The van der Waals surface area contributed by atoms with E-state index in [2.05, 4.69) is 41.5 Å². The summed E-state index contributed by atoms with van der Waals surface area (Å²) in [6, 6.07) is 0. The van der Waals surface area contributed by atoms with Gasteiger partial charge in [-0.25, -0.2) is 0 Å². The quantitative estimate of drug-likeness (QED) is 0.198. The Kier molecular flexibility index (Phi) is 13.5. The first-order chi connectivity index (χ1) is 17.3. The molecule has 212 valence electrons. The molecule has 0 aromatic carbocycles. The third kappa shape index (κ3) is 8.89. The first kappa shape index (κ1) is 31.3. The molecule has 3 fully saturated rings. The van der Waals surface area contributed by atoms with Crippen molar-refractivity contribution in [2.75, 3.05) is 19.8 Å². The third-order valence-electron chi connectivity index (χ3n) is 8.81. The Labute approximate surface area is 230 Å². The number of hydrogen-bond donors (Lipinski definition) is 0. The standard InChI is InChI=1S/C18H33OSi.3C4H9O.Ti/c19-20(16-10-4-1-5-11-16,17-12-6-2-7-13-17)18-14-8-3-9-15-18;3*1-4(2)3-5;/h16-18H,1-15H2;3*4H,3H2,1-2H3;/q4*-1;+4. The molecule has 3 aliphatic rings. The van der Waals surface area contributed by atoms with E-state index in [1.807, 2.05) is 0 Å². The molecule has 3 aliphatic carbocycles. The van der Waals surface area contributed by atoms with Crippen LogP contribution in [-0.4, -0.2) is 28.1 Å². The van der Waals surface area contributed by atoms with Crippen molar-refractivity contribution < 1.29 is 31.1 Å². The molecule has 0 bridgehead atoms. The molecule has 4 nitrogen and oxygen atoms in total. The fourth-order valence-electron chi connectivity index (χ4n) is 7.15. The van der Waals surface area contributed by atoms with Gasteiger partial charge in [0.15, 0.2) is 0 Å². The van der Waals surface area contributed by atoms with Crippen molar-refractivity contribution in [3.8, 4) is 0 Å². The maximum absolute atomic E-state index is 7.96. The normalized spacial score (nSPS) is 22.2. The molecule has 6 heteroatoms. The van der Waals surface area contributed by atoms with Gasteiger partial charge in [-0.2, -0.15) is 0 Å². The second kappa shape index (κ2) is 15.5. The molecule has 0 unspecified atom stereocenters. The number of hydrogen-bond acceptors (Lipinski definition) is 4. The topological polar surface area (TPSA) is 36.9 Å². The summed E-state index contributed by atoms with van der Waals surface area (Å²) in [5, 5.41) is 0. The zero-order chi connectivity index (χ0) is 26.0. The second-order valence-corrected chi connectivity index (χ2v) is 21.8. The first-order valence-corrected chi connectivity index (χ1v) is 20.6.